The molecule has 0 bridgehead atoms. The van der Waals surface area contributed by atoms with E-state index in [0.29, 0.717) is 22.2 Å². The highest BCUT2D eigenvalue weighted by atomic mass is 35.5. The van der Waals surface area contributed by atoms with Crippen LogP contribution >= 0.6 is 23.2 Å². The highest BCUT2D eigenvalue weighted by Gasteiger charge is 2.32. The summed E-state index contributed by atoms with van der Waals surface area (Å²) in [6, 6.07) is 10.2. The van der Waals surface area contributed by atoms with Gasteiger partial charge in [0, 0.05) is 43.3 Å². The molecule has 0 saturated carbocycles. The Bertz CT molecular complexity index is 1290. The molecular weight excluding hydrogens is 464 g/mol. The summed E-state index contributed by atoms with van der Waals surface area (Å²) in [5.74, 6) is -0.678. The number of aromatic nitrogens is 1. The molecule has 0 aliphatic carbocycles. The highest BCUT2D eigenvalue weighted by molar-refractivity contribution is 7.89. The van der Waals surface area contributed by atoms with Crippen molar-refractivity contribution >= 4 is 50.0 Å². The van der Waals surface area contributed by atoms with Crippen LogP contribution in [0.3, 0.4) is 0 Å². The number of benzene rings is 2. The van der Waals surface area contributed by atoms with Gasteiger partial charge in [-0.15, -0.1) is 0 Å². The largest absolute Gasteiger partial charge is 0.336 e. The number of hydrogen-bond acceptors (Lipinski definition) is 4. The van der Waals surface area contributed by atoms with Crippen molar-refractivity contribution < 1.29 is 17.6 Å². The van der Waals surface area contributed by atoms with Crippen molar-refractivity contribution in [2.75, 3.05) is 26.2 Å². The lowest BCUT2D eigenvalue weighted by atomic mass is 10.1. The standard InChI is InChI=1S/C21H18Cl2FN3O3S/c1-13-11-16(15-6-5-14(24)12-18(15)25-13)21(28)26-7-9-27(10-8-26)31(29,30)19-4-2-3-17(22)20(19)23/h2-6,11-12H,7-10H2,1H3. The molecule has 1 aliphatic rings. The lowest BCUT2D eigenvalue weighted by Crippen LogP contribution is -2.50. The molecule has 1 aliphatic heterocycles. The zero-order valence-corrected chi connectivity index (χ0v) is 18.8. The first-order valence-electron chi connectivity index (χ1n) is 9.49. The number of rotatable bonds is 3. The van der Waals surface area contributed by atoms with Crippen LogP contribution in [0.25, 0.3) is 10.9 Å². The second-order valence-electron chi connectivity index (χ2n) is 7.22. The molecule has 162 valence electrons. The van der Waals surface area contributed by atoms with E-state index in [1.807, 2.05) is 0 Å². The molecule has 0 atom stereocenters. The molecule has 1 fully saturated rings. The van der Waals surface area contributed by atoms with Gasteiger partial charge in [-0.3, -0.25) is 9.78 Å². The average molecular weight is 482 g/mol. The molecule has 6 nitrogen and oxygen atoms in total. The van der Waals surface area contributed by atoms with E-state index in [2.05, 4.69) is 4.98 Å². The van der Waals surface area contributed by atoms with Crippen LogP contribution in [0.5, 0.6) is 0 Å². The molecule has 0 unspecified atom stereocenters. The van der Waals surface area contributed by atoms with Crippen molar-refractivity contribution in [3.8, 4) is 0 Å². The van der Waals surface area contributed by atoms with Crippen molar-refractivity contribution in [2.24, 2.45) is 0 Å². The maximum Gasteiger partial charge on any atom is 0.254 e. The number of hydrogen-bond donors (Lipinski definition) is 0. The number of halogens is 3. The first-order valence-corrected chi connectivity index (χ1v) is 11.7. The van der Waals surface area contributed by atoms with E-state index in [9.17, 15) is 17.6 Å². The molecule has 31 heavy (non-hydrogen) atoms. The summed E-state index contributed by atoms with van der Waals surface area (Å²) in [4.78, 5) is 19.0. The van der Waals surface area contributed by atoms with Crippen LogP contribution in [0, 0.1) is 12.7 Å². The maximum atomic E-state index is 13.6. The van der Waals surface area contributed by atoms with Gasteiger partial charge in [-0.1, -0.05) is 29.3 Å². The van der Waals surface area contributed by atoms with Gasteiger partial charge in [0.15, 0.2) is 0 Å². The molecule has 2 aromatic carbocycles. The van der Waals surface area contributed by atoms with Crippen molar-refractivity contribution in [1.29, 1.82) is 0 Å². The third-order valence-corrected chi connectivity index (χ3v) is 8.06. The highest BCUT2D eigenvalue weighted by Crippen LogP contribution is 2.31. The maximum absolute atomic E-state index is 13.6. The van der Waals surface area contributed by atoms with Crippen LogP contribution < -0.4 is 0 Å². The van der Waals surface area contributed by atoms with Gasteiger partial charge in [0.2, 0.25) is 10.0 Å². The summed E-state index contributed by atoms with van der Waals surface area (Å²) < 4.78 is 40.9. The van der Waals surface area contributed by atoms with Crippen molar-refractivity contribution in [1.82, 2.24) is 14.2 Å². The Labute approximate surface area is 189 Å². The minimum absolute atomic E-state index is 0.0198. The van der Waals surface area contributed by atoms with E-state index in [4.69, 9.17) is 23.2 Å². The molecule has 4 rings (SSSR count). The minimum Gasteiger partial charge on any atom is -0.336 e. The predicted molar refractivity (Wildman–Crippen MR) is 118 cm³/mol. The Morgan fingerprint density at radius 1 is 1.06 bits per heavy atom. The Morgan fingerprint density at radius 3 is 2.48 bits per heavy atom. The predicted octanol–water partition coefficient (Wildman–Crippen LogP) is 4.14. The second-order valence-corrected chi connectivity index (χ2v) is 9.91. The number of aryl methyl sites for hydroxylation is 1. The molecule has 2 heterocycles. The molecule has 1 aromatic heterocycles. The number of carbonyl (C=O) groups is 1. The van der Waals surface area contributed by atoms with Gasteiger partial charge < -0.3 is 4.90 Å². The Kier molecular flexibility index (Phi) is 5.91. The van der Waals surface area contributed by atoms with Gasteiger partial charge in [-0.2, -0.15) is 4.31 Å². The molecule has 0 spiro atoms. The monoisotopic (exact) mass is 481 g/mol. The van der Waals surface area contributed by atoms with Gasteiger partial charge in [-0.05, 0) is 37.3 Å². The van der Waals surface area contributed by atoms with Crippen LogP contribution in [-0.2, 0) is 10.0 Å². The third-order valence-electron chi connectivity index (χ3n) is 5.19. The van der Waals surface area contributed by atoms with Gasteiger partial charge in [0.1, 0.15) is 10.7 Å². The lowest BCUT2D eigenvalue weighted by molar-refractivity contribution is 0.0699. The summed E-state index contributed by atoms with van der Waals surface area (Å²) in [5, 5.41) is 0.694. The lowest BCUT2D eigenvalue weighted by Gasteiger charge is -2.34. The van der Waals surface area contributed by atoms with E-state index in [-0.39, 0.29) is 47.0 Å². The number of piperazine rings is 1. The topological polar surface area (TPSA) is 70.6 Å². The van der Waals surface area contributed by atoms with Crippen molar-refractivity contribution in [2.45, 2.75) is 11.8 Å². The smallest absolute Gasteiger partial charge is 0.254 e. The first kappa shape index (κ1) is 22.0. The SMILES string of the molecule is Cc1cc(C(=O)N2CCN(S(=O)(=O)c3cccc(Cl)c3Cl)CC2)c2ccc(F)cc2n1. The molecule has 1 amide bonds. The average Bonchev–Trinajstić information content (AvgIpc) is 2.74. The Morgan fingerprint density at radius 2 is 1.77 bits per heavy atom. The third kappa shape index (κ3) is 4.13. The normalized spacial score (nSPS) is 15.4. The zero-order valence-electron chi connectivity index (χ0n) is 16.5. The Balaban J connectivity index is 1.56. The zero-order chi connectivity index (χ0) is 22.3. The van der Waals surface area contributed by atoms with E-state index in [0.717, 1.165) is 0 Å². The molecule has 3 aromatic rings. The quantitative estimate of drug-likeness (QED) is 0.563. The van der Waals surface area contributed by atoms with Crippen molar-refractivity contribution in [3.63, 3.8) is 0 Å². The van der Waals surface area contributed by atoms with Gasteiger partial charge in [0.25, 0.3) is 5.91 Å². The fraction of sp³-hybridized carbons (Fsp3) is 0.238. The Hall–Kier alpha value is -2.26. The molecule has 1 saturated heterocycles. The fourth-order valence-electron chi connectivity index (χ4n) is 3.64. The molecule has 0 N–H and O–H groups in total. The van der Waals surface area contributed by atoms with Gasteiger partial charge in [-0.25, -0.2) is 12.8 Å². The van der Waals surface area contributed by atoms with Gasteiger partial charge in [0.05, 0.1) is 21.1 Å². The van der Waals surface area contributed by atoms with Crippen LogP contribution in [-0.4, -0.2) is 54.7 Å². The number of sulfonamides is 1. The number of amides is 1. The summed E-state index contributed by atoms with van der Waals surface area (Å²) in [6.45, 7) is 2.39. The minimum atomic E-state index is -3.85. The van der Waals surface area contributed by atoms with E-state index < -0.39 is 15.8 Å². The van der Waals surface area contributed by atoms with Gasteiger partial charge >= 0.3 is 0 Å². The number of nitrogens with zero attached hydrogens (tertiary/aromatic N) is 3. The number of fused-ring (bicyclic) bond motifs is 1. The summed E-state index contributed by atoms with van der Waals surface area (Å²) in [5.41, 5.74) is 1.41. The fourth-order valence-corrected chi connectivity index (χ4v) is 5.79. The summed E-state index contributed by atoms with van der Waals surface area (Å²) in [6.07, 6.45) is 0. The second kappa shape index (κ2) is 8.35. The summed E-state index contributed by atoms with van der Waals surface area (Å²) in [7, 11) is -3.85. The number of pyridine rings is 1. The molecule has 0 radical (unpaired) electrons. The van der Waals surface area contributed by atoms with E-state index in [1.165, 1.54) is 40.7 Å². The van der Waals surface area contributed by atoms with Crippen LogP contribution in [0.1, 0.15) is 16.1 Å². The molecule has 10 heteroatoms. The summed E-state index contributed by atoms with van der Waals surface area (Å²) >= 11 is 12.1. The number of carbonyl (C=O) groups excluding carboxylic acids is 1. The van der Waals surface area contributed by atoms with Crippen LogP contribution in [0.15, 0.2) is 47.4 Å². The van der Waals surface area contributed by atoms with Crippen LogP contribution in [0.2, 0.25) is 10.0 Å². The van der Waals surface area contributed by atoms with Crippen molar-refractivity contribution in [3.05, 3.63) is 69.6 Å². The van der Waals surface area contributed by atoms with E-state index in [1.54, 1.807) is 17.9 Å². The van der Waals surface area contributed by atoms with E-state index >= 15 is 0 Å². The van der Waals surface area contributed by atoms with Crippen LogP contribution in [0.4, 0.5) is 4.39 Å². The first-order chi connectivity index (χ1) is 14.7. The molecular formula is C21H18Cl2FN3O3S.